The first-order valence-corrected chi connectivity index (χ1v) is 13.1. The molecule has 4 rings (SSSR count). The summed E-state index contributed by atoms with van der Waals surface area (Å²) in [5, 5.41) is 17.7. The lowest BCUT2D eigenvalue weighted by atomic mass is 10.0. The van der Waals surface area contributed by atoms with Gasteiger partial charge in [0.25, 0.3) is 0 Å². The molecule has 44 heavy (non-hydrogen) atoms. The van der Waals surface area contributed by atoms with Crippen LogP contribution >= 0.6 is 0 Å². The van der Waals surface area contributed by atoms with Gasteiger partial charge in [0.05, 0.1) is 6.61 Å². The number of carboxylic acids is 1. The summed E-state index contributed by atoms with van der Waals surface area (Å²) in [6, 6.07) is 18.1. The number of ether oxygens (including phenoxy) is 1. The number of fused-ring (bicyclic) bond motifs is 1. The zero-order chi connectivity index (χ0) is 32.4. The van der Waals surface area contributed by atoms with Crippen LogP contribution in [-0.4, -0.2) is 40.7 Å². The van der Waals surface area contributed by atoms with E-state index in [1.54, 1.807) is 37.4 Å². The van der Waals surface area contributed by atoms with Crippen LogP contribution in [0.5, 0.6) is 5.75 Å². The molecule has 1 aromatic heterocycles. The Bertz CT molecular complexity index is 1650. The number of alkyl halides is 3. The number of aliphatic carboxylic acids is 1. The van der Waals surface area contributed by atoms with E-state index in [0.717, 1.165) is 16.3 Å². The molecule has 0 radical (unpaired) electrons. The summed E-state index contributed by atoms with van der Waals surface area (Å²) in [6.45, 7) is 3.71. The van der Waals surface area contributed by atoms with Gasteiger partial charge in [0, 0.05) is 36.4 Å². The van der Waals surface area contributed by atoms with Gasteiger partial charge in [0.2, 0.25) is 11.8 Å². The molecule has 1 heterocycles. The maximum absolute atomic E-state index is 14.3. The Labute approximate surface area is 249 Å². The number of hydrogen-bond donors (Lipinski definition) is 5. The largest absolute Gasteiger partial charge is 0.491 e. The first kappa shape index (κ1) is 33.1. The molecule has 0 fully saturated rings. The third-order valence-electron chi connectivity index (χ3n) is 5.91. The van der Waals surface area contributed by atoms with Crippen LogP contribution in [0.25, 0.3) is 10.8 Å². The Balaban J connectivity index is 0.000000676. The van der Waals surface area contributed by atoms with Crippen molar-refractivity contribution in [1.82, 2.24) is 10.3 Å². The number of nitrogens with one attached hydrogen (secondary N) is 3. The van der Waals surface area contributed by atoms with Crippen LogP contribution in [0.15, 0.2) is 72.9 Å². The maximum atomic E-state index is 14.3. The summed E-state index contributed by atoms with van der Waals surface area (Å²) in [7, 11) is 0. The van der Waals surface area contributed by atoms with E-state index in [4.69, 9.17) is 20.4 Å². The van der Waals surface area contributed by atoms with E-state index in [1.807, 2.05) is 30.3 Å². The van der Waals surface area contributed by atoms with Gasteiger partial charge in [0.1, 0.15) is 11.9 Å². The van der Waals surface area contributed by atoms with Crippen LogP contribution in [0.2, 0.25) is 0 Å². The molecule has 0 aliphatic heterocycles. The van der Waals surface area contributed by atoms with Crippen molar-refractivity contribution in [2.75, 3.05) is 23.0 Å². The van der Waals surface area contributed by atoms with Crippen molar-refractivity contribution in [3.8, 4) is 5.75 Å². The van der Waals surface area contributed by atoms with Gasteiger partial charge in [-0.15, -0.1) is 0 Å². The molecular formula is C30H29F4N5O5. The number of carbonyl (C=O) groups excluding carboxylic acids is 2. The molecule has 0 bridgehead atoms. The van der Waals surface area contributed by atoms with Crippen molar-refractivity contribution in [3.63, 3.8) is 0 Å². The van der Waals surface area contributed by atoms with Crippen molar-refractivity contribution in [2.24, 2.45) is 0 Å². The van der Waals surface area contributed by atoms with Crippen molar-refractivity contribution in [2.45, 2.75) is 32.6 Å². The number of nitrogens with zero attached hydrogens (tertiary/aromatic N) is 1. The highest BCUT2D eigenvalue weighted by molar-refractivity contribution is 5.94. The number of halogens is 4. The standard InChI is InChI=1S/C28H28FN5O3.C2HF3O2/c1-3-37-25-15-20(7-10-24(25)29)26(34-22-8-9-23-19(14-22)11-12-31-27(23)30)28(36)32-16-18-5-4-6-21(13-18)33-17(2)35;3-2(4,5)1(6)7/h4-15,26,34H,3,16H2,1-2H3,(H2,30,31)(H,32,36)(H,33,35);(H,6,7). The molecule has 1 unspecified atom stereocenters. The van der Waals surface area contributed by atoms with Crippen LogP contribution in [0.4, 0.5) is 34.8 Å². The lowest BCUT2D eigenvalue weighted by Gasteiger charge is -2.21. The van der Waals surface area contributed by atoms with Gasteiger partial charge in [-0.25, -0.2) is 14.2 Å². The highest BCUT2D eigenvalue weighted by Gasteiger charge is 2.38. The fourth-order valence-corrected chi connectivity index (χ4v) is 3.98. The van der Waals surface area contributed by atoms with E-state index < -0.39 is 24.0 Å². The first-order chi connectivity index (χ1) is 20.8. The van der Waals surface area contributed by atoms with Gasteiger partial charge in [-0.1, -0.05) is 18.2 Å². The number of pyridine rings is 1. The van der Waals surface area contributed by atoms with E-state index in [9.17, 15) is 27.2 Å². The van der Waals surface area contributed by atoms with E-state index in [-0.39, 0.29) is 30.7 Å². The average Bonchev–Trinajstić information content (AvgIpc) is 2.96. The number of amides is 2. The van der Waals surface area contributed by atoms with Crippen molar-refractivity contribution in [1.29, 1.82) is 0 Å². The van der Waals surface area contributed by atoms with Crippen molar-refractivity contribution >= 4 is 45.7 Å². The lowest BCUT2D eigenvalue weighted by Crippen LogP contribution is -2.33. The molecule has 0 spiro atoms. The smallest absolute Gasteiger partial charge is 0.490 e. The van der Waals surface area contributed by atoms with Crippen LogP contribution in [0.1, 0.15) is 31.0 Å². The fourth-order valence-electron chi connectivity index (χ4n) is 3.98. The molecular weight excluding hydrogens is 586 g/mol. The Morgan fingerprint density at radius 3 is 2.41 bits per heavy atom. The van der Waals surface area contributed by atoms with Gasteiger partial charge in [0.15, 0.2) is 11.6 Å². The summed E-state index contributed by atoms with van der Waals surface area (Å²) >= 11 is 0. The third-order valence-corrected chi connectivity index (χ3v) is 5.91. The molecule has 0 saturated carbocycles. The lowest BCUT2D eigenvalue weighted by molar-refractivity contribution is -0.192. The summed E-state index contributed by atoms with van der Waals surface area (Å²) in [5.74, 6) is -3.28. The van der Waals surface area contributed by atoms with E-state index >= 15 is 0 Å². The van der Waals surface area contributed by atoms with E-state index in [1.165, 1.54) is 19.1 Å². The van der Waals surface area contributed by atoms with E-state index in [0.29, 0.717) is 22.8 Å². The highest BCUT2D eigenvalue weighted by atomic mass is 19.4. The van der Waals surface area contributed by atoms with Crippen LogP contribution in [0.3, 0.4) is 0 Å². The molecule has 4 aromatic rings. The molecule has 6 N–H and O–H groups in total. The van der Waals surface area contributed by atoms with Crippen LogP contribution in [0, 0.1) is 5.82 Å². The number of nitrogen functional groups attached to an aromatic ring is 1. The SMILES string of the molecule is CCOc1cc(C(Nc2ccc3c(N)nccc3c2)C(=O)NCc2cccc(NC(C)=O)c2)ccc1F.O=C(O)C(F)(F)F. The number of rotatable bonds is 9. The monoisotopic (exact) mass is 615 g/mol. The minimum atomic E-state index is -5.08. The highest BCUT2D eigenvalue weighted by Crippen LogP contribution is 2.29. The topological polar surface area (TPSA) is 156 Å². The van der Waals surface area contributed by atoms with Gasteiger partial charge < -0.3 is 31.5 Å². The minimum absolute atomic E-state index is 0.0694. The van der Waals surface area contributed by atoms with Gasteiger partial charge in [-0.2, -0.15) is 13.2 Å². The number of anilines is 3. The second kappa shape index (κ2) is 14.7. The fraction of sp³-hybridized carbons (Fsp3) is 0.200. The number of benzene rings is 3. The van der Waals surface area contributed by atoms with E-state index in [2.05, 4.69) is 20.9 Å². The summed E-state index contributed by atoms with van der Waals surface area (Å²) in [4.78, 5) is 37.8. The Morgan fingerprint density at radius 2 is 1.75 bits per heavy atom. The molecule has 14 heteroatoms. The summed E-state index contributed by atoms with van der Waals surface area (Å²) in [5.41, 5.74) is 8.62. The second-order valence-corrected chi connectivity index (χ2v) is 9.23. The molecule has 1 atom stereocenters. The number of carboxylic acid groups (broad SMARTS) is 1. The Morgan fingerprint density at radius 1 is 1.02 bits per heavy atom. The van der Waals surface area contributed by atoms with Crippen molar-refractivity contribution in [3.05, 3.63) is 89.9 Å². The Kier molecular flexibility index (Phi) is 11.0. The zero-order valence-electron chi connectivity index (χ0n) is 23.5. The predicted molar refractivity (Wildman–Crippen MR) is 156 cm³/mol. The Hall–Kier alpha value is -5.40. The second-order valence-electron chi connectivity index (χ2n) is 9.23. The number of aromatic nitrogens is 1. The molecule has 0 saturated heterocycles. The molecule has 0 aliphatic rings. The number of carbonyl (C=O) groups is 3. The summed E-state index contributed by atoms with van der Waals surface area (Å²) in [6.07, 6.45) is -3.46. The molecule has 232 valence electrons. The number of nitrogens with two attached hydrogens (primary N) is 1. The van der Waals surface area contributed by atoms with Gasteiger partial charge in [-0.3, -0.25) is 9.59 Å². The van der Waals surface area contributed by atoms with Gasteiger partial charge >= 0.3 is 12.1 Å². The normalized spacial score (nSPS) is 11.5. The molecule has 3 aromatic carbocycles. The summed E-state index contributed by atoms with van der Waals surface area (Å²) < 4.78 is 51.4. The quantitative estimate of drug-likeness (QED) is 0.157. The maximum Gasteiger partial charge on any atom is 0.490 e. The van der Waals surface area contributed by atoms with Crippen LogP contribution < -0.4 is 26.4 Å². The molecule has 0 aliphatic carbocycles. The molecule has 10 nitrogen and oxygen atoms in total. The zero-order valence-corrected chi connectivity index (χ0v) is 23.5. The predicted octanol–water partition coefficient (Wildman–Crippen LogP) is 5.42. The minimum Gasteiger partial charge on any atom is -0.491 e. The number of hydrogen-bond acceptors (Lipinski definition) is 7. The van der Waals surface area contributed by atoms with Crippen LogP contribution in [-0.2, 0) is 20.9 Å². The van der Waals surface area contributed by atoms with Gasteiger partial charge in [-0.05, 0) is 72.0 Å². The first-order valence-electron chi connectivity index (χ1n) is 13.1. The van der Waals surface area contributed by atoms with Crippen molar-refractivity contribution < 1.29 is 41.8 Å². The average molecular weight is 616 g/mol. The molecule has 2 amide bonds. The third kappa shape index (κ3) is 9.31.